The van der Waals surface area contributed by atoms with Gasteiger partial charge in [0.25, 0.3) is 0 Å². The van der Waals surface area contributed by atoms with Crippen molar-refractivity contribution in [3.63, 3.8) is 0 Å². The van der Waals surface area contributed by atoms with Gasteiger partial charge in [0.1, 0.15) is 5.82 Å². The molecule has 7 heteroatoms. The van der Waals surface area contributed by atoms with Crippen LogP contribution in [0.15, 0.2) is 48.5 Å². The van der Waals surface area contributed by atoms with Crippen LogP contribution in [-0.4, -0.2) is 49.4 Å². The van der Waals surface area contributed by atoms with E-state index in [-0.39, 0.29) is 24.2 Å². The molecular formula is C20H23FN4O2. The van der Waals surface area contributed by atoms with Crippen molar-refractivity contribution in [1.29, 1.82) is 0 Å². The standard InChI is InChI=1S/C20H23FN4O2/c1-15(26)23-18-4-2-3-17(13-18)22-14-20(27)25-11-9-24(10-12-25)19-7-5-16(21)6-8-19/h2-8,13,22H,9-12,14H2,1H3,(H,23,26). The van der Waals surface area contributed by atoms with Gasteiger partial charge in [-0.2, -0.15) is 0 Å². The van der Waals surface area contributed by atoms with E-state index in [2.05, 4.69) is 15.5 Å². The molecule has 2 N–H and O–H groups in total. The maximum Gasteiger partial charge on any atom is 0.241 e. The summed E-state index contributed by atoms with van der Waals surface area (Å²) in [5.74, 6) is -0.359. The van der Waals surface area contributed by atoms with Crippen molar-refractivity contribution < 1.29 is 14.0 Å². The number of anilines is 3. The Kier molecular flexibility index (Phi) is 5.90. The Hall–Kier alpha value is -3.09. The minimum atomic E-state index is -0.249. The van der Waals surface area contributed by atoms with Gasteiger partial charge in [-0.05, 0) is 42.5 Å². The van der Waals surface area contributed by atoms with E-state index in [1.54, 1.807) is 24.3 Å². The highest BCUT2D eigenvalue weighted by molar-refractivity contribution is 5.89. The molecule has 0 bridgehead atoms. The van der Waals surface area contributed by atoms with Crippen LogP contribution in [0.2, 0.25) is 0 Å². The normalized spacial score (nSPS) is 14.0. The summed E-state index contributed by atoms with van der Waals surface area (Å²) in [7, 11) is 0. The average molecular weight is 370 g/mol. The SMILES string of the molecule is CC(=O)Nc1cccc(NCC(=O)N2CCN(c3ccc(F)cc3)CC2)c1. The largest absolute Gasteiger partial charge is 0.376 e. The lowest BCUT2D eigenvalue weighted by Crippen LogP contribution is -2.50. The highest BCUT2D eigenvalue weighted by Crippen LogP contribution is 2.18. The zero-order chi connectivity index (χ0) is 19.2. The number of halogens is 1. The zero-order valence-electron chi connectivity index (χ0n) is 15.2. The summed E-state index contributed by atoms with van der Waals surface area (Å²) in [5.41, 5.74) is 2.43. The number of rotatable bonds is 5. The maximum atomic E-state index is 13.0. The third-order valence-electron chi connectivity index (χ3n) is 4.45. The molecule has 1 fully saturated rings. The van der Waals surface area contributed by atoms with Gasteiger partial charge >= 0.3 is 0 Å². The molecule has 2 aromatic rings. The van der Waals surface area contributed by atoms with Gasteiger partial charge in [-0.1, -0.05) is 6.07 Å². The first-order valence-electron chi connectivity index (χ1n) is 8.91. The summed E-state index contributed by atoms with van der Waals surface area (Å²) in [6, 6.07) is 13.7. The summed E-state index contributed by atoms with van der Waals surface area (Å²) in [6.45, 7) is 4.34. The van der Waals surface area contributed by atoms with Gasteiger partial charge in [-0.3, -0.25) is 9.59 Å². The number of nitrogens with zero attached hydrogens (tertiary/aromatic N) is 2. The molecular weight excluding hydrogens is 347 g/mol. The summed E-state index contributed by atoms with van der Waals surface area (Å²) < 4.78 is 13.0. The molecule has 0 spiro atoms. The number of carbonyl (C=O) groups is 2. The fraction of sp³-hybridized carbons (Fsp3) is 0.300. The van der Waals surface area contributed by atoms with Crippen LogP contribution < -0.4 is 15.5 Å². The molecule has 0 aliphatic carbocycles. The molecule has 1 heterocycles. The van der Waals surface area contributed by atoms with Crippen molar-refractivity contribution in [2.75, 3.05) is 48.3 Å². The Labute approximate surface area is 158 Å². The molecule has 2 amide bonds. The molecule has 1 aliphatic heterocycles. The molecule has 3 rings (SSSR count). The quantitative estimate of drug-likeness (QED) is 0.849. The highest BCUT2D eigenvalue weighted by Gasteiger charge is 2.21. The number of benzene rings is 2. The summed E-state index contributed by atoms with van der Waals surface area (Å²) in [6.07, 6.45) is 0. The van der Waals surface area contributed by atoms with E-state index in [4.69, 9.17) is 0 Å². The molecule has 0 unspecified atom stereocenters. The first-order chi connectivity index (χ1) is 13.0. The number of amides is 2. The van der Waals surface area contributed by atoms with Crippen molar-refractivity contribution >= 4 is 28.9 Å². The molecule has 0 saturated carbocycles. The predicted molar refractivity (Wildman–Crippen MR) is 104 cm³/mol. The minimum Gasteiger partial charge on any atom is -0.376 e. The Balaban J connectivity index is 1.48. The summed E-state index contributed by atoms with van der Waals surface area (Å²) in [4.78, 5) is 27.5. The first kappa shape index (κ1) is 18.7. The van der Waals surface area contributed by atoms with Gasteiger partial charge in [0.2, 0.25) is 11.8 Å². The topological polar surface area (TPSA) is 64.7 Å². The molecule has 1 aliphatic rings. The van der Waals surface area contributed by atoms with Gasteiger partial charge in [0.15, 0.2) is 0 Å². The fourth-order valence-corrected chi connectivity index (χ4v) is 3.07. The molecule has 142 valence electrons. The molecule has 1 saturated heterocycles. The third-order valence-corrected chi connectivity index (χ3v) is 4.45. The lowest BCUT2D eigenvalue weighted by molar-refractivity contribution is -0.129. The Morgan fingerprint density at radius 3 is 2.33 bits per heavy atom. The van der Waals surface area contributed by atoms with E-state index < -0.39 is 0 Å². The van der Waals surface area contributed by atoms with Crippen LogP contribution in [0, 0.1) is 5.82 Å². The van der Waals surface area contributed by atoms with Gasteiger partial charge < -0.3 is 20.4 Å². The Bertz CT molecular complexity index is 802. The Morgan fingerprint density at radius 2 is 1.67 bits per heavy atom. The molecule has 0 radical (unpaired) electrons. The highest BCUT2D eigenvalue weighted by atomic mass is 19.1. The predicted octanol–water partition coefficient (Wildman–Crippen LogP) is 2.54. The van der Waals surface area contributed by atoms with E-state index in [1.165, 1.54) is 19.1 Å². The summed E-state index contributed by atoms with van der Waals surface area (Å²) >= 11 is 0. The smallest absolute Gasteiger partial charge is 0.241 e. The van der Waals surface area contributed by atoms with Gasteiger partial charge in [-0.15, -0.1) is 0 Å². The van der Waals surface area contributed by atoms with Gasteiger partial charge in [0.05, 0.1) is 6.54 Å². The first-order valence-corrected chi connectivity index (χ1v) is 8.91. The van der Waals surface area contributed by atoms with Crippen LogP contribution in [0.1, 0.15) is 6.92 Å². The summed E-state index contributed by atoms with van der Waals surface area (Å²) in [5, 5.41) is 5.82. The average Bonchev–Trinajstić information content (AvgIpc) is 2.67. The van der Waals surface area contributed by atoms with Crippen molar-refractivity contribution in [2.24, 2.45) is 0 Å². The fourth-order valence-electron chi connectivity index (χ4n) is 3.07. The van der Waals surface area contributed by atoms with Crippen LogP contribution in [0.5, 0.6) is 0 Å². The van der Waals surface area contributed by atoms with E-state index >= 15 is 0 Å². The van der Waals surface area contributed by atoms with Crippen molar-refractivity contribution in [3.8, 4) is 0 Å². The van der Waals surface area contributed by atoms with Gasteiger partial charge in [0, 0.05) is 50.2 Å². The van der Waals surface area contributed by atoms with Crippen LogP contribution in [0.25, 0.3) is 0 Å². The lowest BCUT2D eigenvalue weighted by Gasteiger charge is -2.36. The van der Waals surface area contributed by atoms with Gasteiger partial charge in [-0.25, -0.2) is 4.39 Å². The maximum absolute atomic E-state index is 13.0. The molecule has 0 atom stereocenters. The number of piperazine rings is 1. The number of nitrogens with one attached hydrogen (secondary N) is 2. The lowest BCUT2D eigenvalue weighted by atomic mass is 10.2. The molecule has 2 aromatic carbocycles. The number of hydrogen-bond donors (Lipinski definition) is 2. The van der Waals surface area contributed by atoms with Crippen molar-refractivity contribution in [2.45, 2.75) is 6.92 Å². The number of carbonyl (C=O) groups excluding carboxylic acids is 2. The Morgan fingerprint density at radius 1 is 1.00 bits per heavy atom. The molecule has 27 heavy (non-hydrogen) atoms. The second-order valence-corrected chi connectivity index (χ2v) is 6.46. The molecule has 6 nitrogen and oxygen atoms in total. The van der Waals surface area contributed by atoms with E-state index in [0.717, 1.165) is 24.5 Å². The van der Waals surface area contributed by atoms with Crippen LogP contribution in [0.3, 0.4) is 0 Å². The monoisotopic (exact) mass is 370 g/mol. The van der Waals surface area contributed by atoms with E-state index in [0.29, 0.717) is 18.8 Å². The van der Waals surface area contributed by atoms with Crippen LogP contribution in [0.4, 0.5) is 21.5 Å². The van der Waals surface area contributed by atoms with Crippen LogP contribution >= 0.6 is 0 Å². The second kappa shape index (κ2) is 8.53. The van der Waals surface area contributed by atoms with Crippen molar-refractivity contribution in [1.82, 2.24) is 4.90 Å². The van der Waals surface area contributed by atoms with Crippen molar-refractivity contribution in [3.05, 3.63) is 54.3 Å². The molecule has 0 aromatic heterocycles. The zero-order valence-corrected chi connectivity index (χ0v) is 15.2. The third kappa shape index (κ3) is 5.20. The van der Waals surface area contributed by atoms with E-state index in [1.807, 2.05) is 17.0 Å². The minimum absolute atomic E-state index is 0.0266. The van der Waals surface area contributed by atoms with Crippen LogP contribution in [-0.2, 0) is 9.59 Å². The second-order valence-electron chi connectivity index (χ2n) is 6.46. The number of hydrogen-bond acceptors (Lipinski definition) is 4. The van der Waals surface area contributed by atoms with E-state index in [9.17, 15) is 14.0 Å².